The molecule has 8 N–H and O–H groups in total. The molecule has 0 aliphatic carbocycles. The second-order valence-corrected chi connectivity index (χ2v) is 9.26. The van der Waals surface area contributed by atoms with Crippen molar-refractivity contribution in [1.29, 1.82) is 0 Å². The van der Waals surface area contributed by atoms with Gasteiger partial charge in [-0.1, -0.05) is 13.8 Å². The van der Waals surface area contributed by atoms with Gasteiger partial charge in [0.05, 0.1) is 12.1 Å². The molecule has 14 heteroatoms. The fourth-order valence-electron chi connectivity index (χ4n) is 3.86. The van der Waals surface area contributed by atoms with E-state index in [2.05, 4.69) is 10.6 Å². The van der Waals surface area contributed by atoms with Crippen molar-refractivity contribution >= 4 is 35.6 Å². The monoisotopic (exact) mass is 515 g/mol. The van der Waals surface area contributed by atoms with E-state index in [1.54, 1.807) is 0 Å². The van der Waals surface area contributed by atoms with Gasteiger partial charge >= 0.3 is 11.9 Å². The summed E-state index contributed by atoms with van der Waals surface area (Å²) in [5.41, 5.74) is 6.00. The van der Waals surface area contributed by atoms with E-state index in [1.165, 1.54) is 11.8 Å². The summed E-state index contributed by atoms with van der Waals surface area (Å²) < 4.78 is 0. The van der Waals surface area contributed by atoms with Gasteiger partial charge in [0, 0.05) is 13.0 Å². The third kappa shape index (κ3) is 9.77. The van der Waals surface area contributed by atoms with Gasteiger partial charge in [-0.15, -0.1) is 0 Å². The standard InChI is InChI=1S/C22H37N5O9/c1-11(2)9-13(23)22(36)27-8-4-5-15(27)20(34)25-14(6-7-16(29)30)19(33)26-18(12(3)28)21(35)24-10-17(31)32/h11-15,18,28H,4-10,23H2,1-3H3,(H,24,35)(H,25,34)(H,26,33)(H,29,30)(H,31,32)/t12-,13+,14+,15+,18+/m1/s1. The third-order valence-electron chi connectivity index (χ3n) is 5.64. The molecule has 1 aliphatic rings. The van der Waals surface area contributed by atoms with E-state index in [0.717, 1.165) is 0 Å². The van der Waals surface area contributed by atoms with Gasteiger partial charge in [-0.2, -0.15) is 0 Å². The number of hydrogen-bond donors (Lipinski definition) is 7. The Labute approximate surface area is 208 Å². The van der Waals surface area contributed by atoms with Crippen LogP contribution in [0.1, 0.15) is 52.9 Å². The summed E-state index contributed by atoms with van der Waals surface area (Å²) in [7, 11) is 0. The number of carboxylic acid groups (broad SMARTS) is 2. The number of likely N-dealkylation sites (tertiary alicyclic amines) is 1. The number of aliphatic carboxylic acids is 2. The molecule has 204 valence electrons. The fourth-order valence-corrected chi connectivity index (χ4v) is 3.86. The maximum atomic E-state index is 13.0. The van der Waals surface area contributed by atoms with E-state index in [1.807, 2.05) is 19.2 Å². The second-order valence-electron chi connectivity index (χ2n) is 9.26. The normalized spacial score (nSPS) is 18.6. The van der Waals surface area contributed by atoms with Crippen LogP contribution in [0.25, 0.3) is 0 Å². The van der Waals surface area contributed by atoms with E-state index in [4.69, 9.17) is 15.9 Å². The number of nitrogens with one attached hydrogen (secondary N) is 3. The molecule has 0 bridgehead atoms. The molecule has 5 atom stereocenters. The number of hydrogen-bond acceptors (Lipinski definition) is 8. The van der Waals surface area contributed by atoms with Crippen molar-refractivity contribution in [3.8, 4) is 0 Å². The molecule has 0 radical (unpaired) electrons. The average Bonchev–Trinajstić information content (AvgIpc) is 3.26. The van der Waals surface area contributed by atoms with Gasteiger partial charge in [0.25, 0.3) is 0 Å². The molecule has 1 fully saturated rings. The van der Waals surface area contributed by atoms with Crippen LogP contribution in [0, 0.1) is 5.92 Å². The van der Waals surface area contributed by atoms with Crippen LogP contribution in [-0.2, 0) is 28.8 Å². The van der Waals surface area contributed by atoms with Crippen LogP contribution in [0.2, 0.25) is 0 Å². The molecule has 1 rings (SSSR count). The topological polar surface area (TPSA) is 228 Å². The van der Waals surface area contributed by atoms with Crippen LogP contribution in [0.4, 0.5) is 0 Å². The Morgan fingerprint density at radius 3 is 2.17 bits per heavy atom. The van der Waals surface area contributed by atoms with Crippen LogP contribution in [0.15, 0.2) is 0 Å². The smallest absolute Gasteiger partial charge is 0.322 e. The fraction of sp³-hybridized carbons (Fsp3) is 0.727. The molecule has 14 nitrogen and oxygen atoms in total. The van der Waals surface area contributed by atoms with Gasteiger partial charge in [-0.3, -0.25) is 28.8 Å². The highest BCUT2D eigenvalue weighted by molar-refractivity contribution is 5.95. The van der Waals surface area contributed by atoms with E-state index in [9.17, 15) is 33.9 Å². The summed E-state index contributed by atoms with van der Waals surface area (Å²) in [6, 6.07) is -4.65. The summed E-state index contributed by atoms with van der Waals surface area (Å²) in [6.45, 7) is 4.58. The van der Waals surface area contributed by atoms with E-state index >= 15 is 0 Å². The zero-order valence-corrected chi connectivity index (χ0v) is 20.7. The van der Waals surface area contributed by atoms with Crippen LogP contribution >= 0.6 is 0 Å². The minimum absolute atomic E-state index is 0.164. The number of amides is 4. The highest BCUT2D eigenvalue weighted by Gasteiger charge is 2.38. The summed E-state index contributed by atoms with van der Waals surface area (Å²) >= 11 is 0. The first-order valence-corrected chi connectivity index (χ1v) is 11.8. The molecule has 1 aliphatic heterocycles. The van der Waals surface area contributed by atoms with E-state index in [0.29, 0.717) is 25.8 Å². The first kappa shape index (κ1) is 30.8. The molecule has 0 unspecified atom stereocenters. The summed E-state index contributed by atoms with van der Waals surface area (Å²) in [4.78, 5) is 74.0. The zero-order chi connectivity index (χ0) is 27.6. The highest BCUT2D eigenvalue weighted by atomic mass is 16.4. The number of carboxylic acids is 2. The molecule has 0 saturated carbocycles. The number of rotatable bonds is 14. The minimum atomic E-state index is -1.56. The maximum Gasteiger partial charge on any atom is 0.322 e. The lowest BCUT2D eigenvalue weighted by molar-refractivity contribution is -0.141. The minimum Gasteiger partial charge on any atom is -0.481 e. The van der Waals surface area contributed by atoms with Gasteiger partial charge in [0.15, 0.2) is 0 Å². The van der Waals surface area contributed by atoms with Crippen molar-refractivity contribution < 1.29 is 44.1 Å². The van der Waals surface area contributed by atoms with Crippen LogP contribution in [0.3, 0.4) is 0 Å². The molecule has 0 aromatic rings. The number of aliphatic hydroxyl groups excluding tert-OH is 1. The van der Waals surface area contributed by atoms with E-state index in [-0.39, 0.29) is 12.3 Å². The summed E-state index contributed by atoms with van der Waals surface area (Å²) in [6.07, 6.45) is -0.952. The Morgan fingerprint density at radius 1 is 1.00 bits per heavy atom. The molecule has 1 saturated heterocycles. The van der Waals surface area contributed by atoms with Crippen molar-refractivity contribution in [2.75, 3.05) is 13.1 Å². The van der Waals surface area contributed by atoms with Crippen molar-refractivity contribution in [3.05, 3.63) is 0 Å². The van der Waals surface area contributed by atoms with Gasteiger partial charge in [0.2, 0.25) is 23.6 Å². The molecule has 1 heterocycles. The SMILES string of the molecule is CC(C)C[C@H](N)C(=O)N1CCC[C@H]1C(=O)N[C@@H](CCC(=O)O)C(=O)N[C@H](C(=O)NCC(=O)O)[C@@H](C)O. The third-order valence-corrected chi connectivity index (χ3v) is 5.64. The number of nitrogens with zero attached hydrogens (tertiary/aromatic N) is 1. The zero-order valence-electron chi connectivity index (χ0n) is 20.7. The highest BCUT2D eigenvalue weighted by Crippen LogP contribution is 2.20. The van der Waals surface area contributed by atoms with Gasteiger partial charge in [0.1, 0.15) is 24.7 Å². The number of carbonyl (C=O) groups is 6. The van der Waals surface area contributed by atoms with Crippen LogP contribution in [-0.4, -0.2) is 99.1 Å². The van der Waals surface area contributed by atoms with Gasteiger partial charge in [-0.05, 0) is 38.5 Å². The Bertz CT molecular complexity index is 833. The molecule has 36 heavy (non-hydrogen) atoms. The molecule has 4 amide bonds. The molecular weight excluding hydrogens is 478 g/mol. The summed E-state index contributed by atoms with van der Waals surface area (Å²) in [5, 5.41) is 34.4. The van der Waals surface area contributed by atoms with Crippen molar-refractivity contribution in [2.24, 2.45) is 11.7 Å². The van der Waals surface area contributed by atoms with E-state index < -0.39 is 78.8 Å². The number of nitrogens with two attached hydrogens (primary N) is 1. The predicted molar refractivity (Wildman–Crippen MR) is 125 cm³/mol. The van der Waals surface area contributed by atoms with Gasteiger partial charge in [-0.25, -0.2) is 0 Å². The average molecular weight is 516 g/mol. The Morgan fingerprint density at radius 2 is 1.64 bits per heavy atom. The predicted octanol–water partition coefficient (Wildman–Crippen LogP) is -2.23. The van der Waals surface area contributed by atoms with Crippen molar-refractivity contribution in [3.63, 3.8) is 0 Å². The number of carbonyl (C=O) groups excluding carboxylic acids is 4. The van der Waals surface area contributed by atoms with Gasteiger partial charge < -0.3 is 41.9 Å². The lowest BCUT2D eigenvalue weighted by Gasteiger charge is -2.29. The van der Waals surface area contributed by atoms with Crippen molar-refractivity contribution in [2.45, 2.75) is 83.1 Å². The summed E-state index contributed by atoms with van der Waals surface area (Å²) in [5.74, 6) is -5.40. The molecule has 0 aromatic heterocycles. The molecular formula is C22H37N5O9. The second kappa shape index (κ2) is 14.3. The number of aliphatic hydroxyl groups is 1. The Balaban J connectivity index is 2.98. The van der Waals surface area contributed by atoms with Crippen LogP contribution in [0.5, 0.6) is 0 Å². The maximum absolute atomic E-state index is 13.0. The van der Waals surface area contributed by atoms with Crippen LogP contribution < -0.4 is 21.7 Å². The molecule has 0 spiro atoms. The molecule has 0 aromatic carbocycles. The Kier molecular flexibility index (Phi) is 12.3. The first-order valence-electron chi connectivity index (χ1n) is 11.8. The largest absolute Gasteiger partial charge is 0.481 e. The Hall–Kier alpha value is -3.26. The quantitative estimate of drug-likeness (QED) is 0.132. The lowest BCUT2D eigenvalue weighted by Crippen LogP contribution is -2.59. The van der Waals surface area contributed by atoms with Crippen molar-refractivity contribution in [1.82, 2.24) is 20.9 Å². The first-order chi connectivity index (χ1) is 16.7. The lowest BCUT2D eigenvalue weighted by atomic mass is 10.0.